The summed E-state index contributed by atoms with van der Waals surface area (Å²) < 4.78 is 5.30. The number of carbonyl (C=O) groups is 1. The molecule has 1 heterocycles. The Morgan fingerprint density at radius 1 is 1.57 bits per heavy atom. The molecule has 2 aliphatic rings. The van der Waals surface area contributed by atoms with E-state index in [0.29, 0.717) is 5.84 Å². The summed E-state index contributed by atoms with van der Waals surface area (Å²) in [5.41, 5.74) is 5.34. The molecule has 1 saturated carbocycles. The molecule has 0 saturated heterocycles. The Kier molecular flexibility index (Phi) is 1.69. The second-order valence-electron chi connectivity index (χ2n) is 5.20. The first-order chi connectivity index (χ1) is 6.36. The highest BCUT2D eigenvalue weighted by molar-refractivity contribution is 6.02. The highest BCUT2D eigenvalue weighted by Gasteiger charge is 2.56. The molecule has 4 heteroatoms. The molecule has 2 N–H and O–H groups in total. The van der Waals surface area contributed by atoms with Gasteiger partial charge in [-0.2, -0.15) is 4.99 Å². The predicted octanol–water partition coefficient (Wildman–Crippen LogP) is 1.69. The van der Waals surface area contributed by atoms with Crippen molar-refractivity contribution in [1.29, 1.82) is 0 Å². The SMILES string of the molecule is CC1CC(C)(C)CC12OC(=O)N=C2N. The van der Waals surface area contributed by atoms with Crippen LogP contribution in [-0.4, -0.2) is 17.5 Å². The maximum Gasteiger partial charge on any atom is 0.436 e. The minimum atomic E-state index is -0.611. The van der Waals surface area contributed by atoms with Crippen LogP contribution in [0.15, 0.2) is 4.99 Å². The smallest absolute Gasteiger partial charge is 0.433 e. The summed E-state index contributed by atoms with van der Waals surface area (Å²) in [6, 6.07) is 0. The molecule has 0 aromatic heterocycles. The van der Waals surface area contributed by atoms with Crippen LogP contribution >= 0.6 is 0 Å². The van der Waals surface area contributed by atoms with Crippen LogP contribution in [0.4, 0.5) is 4.79 Å². The summed E-state index contributed by atoms with van der Waals surface area (Å²) in [6.45, 7) is 6.39. The van der Waals surface area contributed by atoms with Gasteiger partial charge in [-0.1, -0.05) is 20.8 Å². The van der Waals surface area contributed by atoms with Crippen LogP contribution in [0.1, 0.15) is 33.6 Å². The van der Waals surface area contributed by atoms with Gasteiger partial charge in [0.25, 0.3) is 0 Å². The lowest BCUT2D eigenvalue weighted by Crippen LogP contribution is -2.45. The predicted molar refractivity (Wildman–Crippen MR) is 53.0 cm³/mol. The van der Waals surface area contributed by atoms with Crippen molar-refractivity contribution in [3.05, 3.63) is 0 Å². The maximum absolute atomic E-state index is 11.1. The fourth-order valence-corrected chi connectivity index (χ4v) is 2.85. The van der Waals surface area contributed by atoms with Crippen molar-refractivity contribution < 1.29 is 9.53 Å². The molecule has 1 aliphatic heterocycles. The van der Waals surface area contributed by atoms with Crippen molar-refractivity contribution in [3.63, 3.8) is 0 Å². The van der Waals surface area contributed by atoms with E-state index in [1.807, 2.05) is 0 Å². The van der Waals surface area contributed by atoms with E-state index in [1.54, 1.807) is 0 Å². The first-order valence-corrected chi connectivity index (χ1v) is 4.93. The van der Waals surface area contributed by atoms with Crippen molar-refractivity contribution >= 4 is 11.9 Å². The number of aliphatic imine (C=N–C) groups is 1. The average molecular weight is 196 g/mol. The van der Waals surface area contributed by atoms with E-state index in [-0.39, 0.29) is 11.3 Å². The minimum absolute atomic E-state index is 0.171. The number of ether oxygens (including phenoxy) is 1. The lowest BCUT2D eigenvalue weighted by molar-refractivity contribution is 0.0545. The Balaban J connectivity index is 2.35. The second-order valence-corrected chi connectivity index (χ2v) is 5.20. The molecule has 0 radical (unpaired) electrons. The molecule has 0 aromatic carbocycles. The van der Waals surface area contributed by atoms with Gasteiger partial charge in [0.2, 0.25) is 0 Å². The van der Waals surface area contributed by atoms with Gasteiger partial charge in [0.05, 0.1) is 0 Å². The molecule has 2 atom stereocenters. The van der Waals surface area contributed by atoms with Gasteiger partial charge in [0.15, 0.2) is 11.4 Å². The van der Waals surface area contributed by atoms with Crippen LogP contribution in [-0.2, 0) is 4.74 Å². The van der Waals surface area contributed by atoms with Crippen LogP contribution in [0.3, 0.4) is 0 Å². The number of carbonyl (C=O) groups excluding carboxylic acids is 1. The molecular formula is C10H16N2O2. The van der Waals surface area contributed by atoms with Gasteiger partial charge in [0.1, 0.15) is 0 Å². The Morgan fingerprint density at radius 3 is 2.57 bits per heavy atom. The van der Waals surface area contributed by atoms with E-state index >= 15 is 0 Å². The van der Waals surface area contributed by atoms with Gasteiger partial charge >= 0.3 is 6.09 Å². The number of amides is 1. The van der Waals surface area contributed by atoms with Gasteiger partial charge in [0, 0.05) is 12.3 Å². The van der Waals surface area contributed by atoms with Gasteiger partial charge in [-0.3, -0.25) is 0 Å². The van der Waals surface area contributed by atoms with Crippen LogP contribution in [0.25, 0.3) is 0 Å². The summed E-state index contributed by atoms with van der Waals surface area (Å²) in [7, 11) is 0. The van der Waals surface area contributed by atoms with Gasteiger partial charge in [-0.05, 0) is 11.8 Å². The summed E-state index contributed by atoms with van der Waals surface area (Å²) in [4.78, 5) is 14.8. The number of rotatable bonds is 0. The summed E-state index contributed by atoms with van der Waals surface area (Å²) in [5.74, 6) is 0.619. The molecule has 0 bridgehead atoms. The maximum atomic E-state index is 11.1. The van der Waals surface area contributed by atoms with Crippen molar-refractivity contribution in [3.8, 4) is 0 Å². The third kappa shape index (κ3) is 1.13. The topological polar surface area (TPSA) is 64.7 Å². The fraction of sp³-hybridized carbons (Fsp3) is 0.800. The first kappa shape index (κ1) is 9.49. The number of hydrogen-bond acceptors (Lipinski definition) is 3. The highest BCUT2D eigenvalue weighted by Crippen LogP contribution is 2.50. The van der Waals surface area contributed by atoms with E-state index < -0.39 is 11.7 Å². The monoisotopic (exact) mass is 196 g/mol. The molecule has 14 heavy (non-hydrogen) atoms. The van der Waals surface area contributed by atoms with Crippen molar-refractivity contribution in [2.75, 3.05) is 0 Å². The first-order valence-electron chi connectivity index (χ1n) is 4.93. The molecule has 0 aromatic rings. The molecule has 1 amide bonds. The molecule has 2 rings (SSSR count). The summed E-state index contributed by atoms with van der Waals surface area (Å²) in [6.07, 6.45) is 1.26. The average Bonchev–Trinajstić information content (AvgIpc) is 2.35. The zero-order valence-electron chi connectivity index (χ0n) is 8.83. The second kappa shape index (κ2) is 2.49. The van der Waals surface area contributed by atoms with E-state index in [4.69, 9.17) is 10.5 Å². The minimum Gasteiger partial charge on any atom is -0.433 e. The fourth-order valence-electron chi connectivity index (χ4n) is 2.85. The summed E-state index contributed by atoms with van der Waals surface area (Å²) >= 11 is 0. The van der Waals surface area contributed by atoms with Crippen LogP contribution in [0.5, 0.6) is 0 Å². The Labute approximate surface area is 83.5 Å². The van der Waals surface area contributed by atoms with Crippen molar-refractivity contribution in [2.45, 2.75) is 39.2 Å². The Morgan fingerprint density at radius 2 is 2.21 bits per heavy atom. The lowest BCUT2D eigenvalue weighted by atomic mass is 9.88. The lowest BCUT2D eigenvalue weighted by Gasteiger charge is -2.27. The number of nitrogens with two attached hydrogens (primary N) is 1. The third-order valence-corrected chi connectivity index (χ3v) is 3.31. The molecule has 2 unspecified atom stereocenters. The van der Waals surface area contributed by atoms with Gasteiger partial charge < -0.3 is 10.5 Å². The molecule has 78 valence electrons. The van der Waals surface area contributed by atoms with Gasteiger partial charge in [-0.15, -0.1) is 0 Å². The summed E-state index contributed by atoms with van der Waals surface area (Å²) in [5, 5.41) is 0. The highest BCUT2D eigenvalue weighted by atomic mass is 16.6. The Hall–Kier alpha value is -1.06. The quantitative estimate of drug-likeness (QED) is 0.641. The van der Waals surface area contributed by atoms with E-state index in [0.717, 1.165) is 12.8 Å². The number of hydrogen-bond donors (Lipinski definition) is 1. The third-order valence-electron chi connectivity index (χ3n) is 3.31. The normalized spacial score (nSPS) is 40.1. The molecule has 4 nitrogen and oxygen atoms in total. The number of amidine groups is 1. The largest absolute Gasteiger partial charge is 0.436 e. The van der Waals surface area contributed by atoms with Crippen LogP contribution in [0, 0.1) is 11.3 Å². The number of nitrogens with zero attached hydrogens (tertiary/aromatic N) is 1. The van der Waals surface area contributed by atoms with Crippen LogP contribution < -0.4 is 5.73 Å². The molecule has 1 fully saturated rings. The molecule has 1 aliphatic carbocycles. The standard InChI is InChI=1S/C10H16N2O2/c1-6-4-9(2,3)5-10(6)7(11)12-8(13)14-10/h6H,4-5H2,1-3H3,(H2,11,12,13). The zero-order valence-corrected chi connectivity index (χ0v) is 8.83. The molecular weight excluding hydrogens is 180 g/mol. The van der Waals surface area contributed by atoms with E-state index in [2.05, 4.69) is 25.8 Å². The van der Waals surface area contributed by atoms with Gasteiger partial charge in [-0.25, -0.2) is 4.79 Å². The van der Waals surface area contributed by atoms with E-state index in [1.165, 1.54) is 0 Å². The zero-order chi connectivity index (χ0) is 10.6. The van der Waals surface area contributed by atoms with Crippen molar-refractivity contribution in [2.24, 2.45) is 22.1 Å². The Bertz CT molecular complexity index is 322. The van der Waals surface area contributed by atoms with E-state index in [9.17, 15) is 4.79 Å². The van der Waals surface area contributed by atoms with Crippen LogP contribution in [0.2, 0.25) is 0 Å². The van der Waals surface area contributed by atoms with Crippen molar-refractivity contribution in [1.82, 2.24) is 0 Å². The molecule has 1 spiro atoms.